The minimum absolute atomic E-state index is 0.204. The molecular formula is C21H29N3O5. The van der Waals surface area contributed by atoms with Gasteiger partial charge in [0.05, 0.1) is 12.6 Å². The highest BCUT2D eigenvalue weighted by atomic mass is 16.6. The van der Waals surface area contributed by atoms with Crippen LogP contribution in [0.2, 0.25) is 0 Å². The summed E-state index contributed by atoms with van der Waals surface area (Å²) in [5, 5.41) is 7.18. The summed E-state index contributed by atoms with van der Waals surface area (Å²) in [4.78, 5) is 24.3. The molecule has 1 aromatic heterocycles. The first-order valence-corrected chi connectivity index (χ1v) is 9.60. The molecule has 8 nitrogen and oxygen atoms in total. The number of aromatic nitrogens is 2. The maximum Gasteiger partial charge on any atom is 0.407 e. The summed E-state index contributed by atoms with van der Waals surface area (Å²) < 4.78 is 17.6. The van der Waals surface area contributed by atoms with Crippen molar-refractivity contribution in [2.75, 3.05) is 13.2 Å². The van der Waals surface area contributed by atoms with Gasteiger partial charge in [-0.15, -0.1) is 0 Å². The number of nitrogens with zero attached hydrogens (tertiary/aromatic N) is 2. The van der Waals surface area contributed by atoms with Gasteiger partial charge >= 0.3 is 12.1 Å². The molecule has 1 N–H and O–H groups in total. The lowest BCUT2D eigenvalue weighted by molar-refractivity contribution is 0.0508. The quantitative estimate of drug-likeness (QED) is 0.676. The summed E-state index contributed by atoms with van der Waals surface area (Å²) in [6.07, 6.45) is -0.526. The van der Waals surface area contributed by atoms with E-state index in [1.54, 1.807) is 38.4 Å². The van der Waals surface area contributed by atoms with Gasteiger partial charge in [0.1, 0.15) is 29.3 Å². The molecule has 0 fully saturated rings. The molecule has 0 saturated heterocycles. The van der Waals surface area contributed by atoms with Crippen molar-refractivity contribution in [3.63, 3.8) is 0 Å². The maximum absolute atomic E-state index is 12.3. The zero-order chi connectivity index (χ0) is 21.4. The third kappa shape index (κ3) is 7.14. The number of nitrogens with one attached hydrogen (secondary N) is 1. The summed E-state index contributed by atoms with van der Waals surface area (Å²) in [6.45, 7) is 9.66. The van der Waals surface area contributed by atoms with E-state index >= 15 is 0 Å². The molecule has 29 heavy (non-hydrogen) atoms. The van der Waals surface area contributed by atoms with Crippen molar-refractivity contribution >= 4 is 12.1 Å². The van der Waals surface area contributed by atoms with Gasteiger partial charge in [0, 0.05) is 6.54 Å². The number of alkyl carbamates (subject to hydrolysis) is 1. The van der Waals surface area contributed by atoms with Crippen LogP contribution in [0.4, 0.5) is 4.79 Å². The first-order valence-electron chi connectivity index (χ1n) is 9.60. The number of carbonyl (C=O) groups excluding carboxylic acids is 2. The largest absolute Gasteiger partial charge is 0.487 e. The molecule has 0 radical (unpaired) electrons. The van der Waals surface area contributed by atoms with E-state index in [1.165, 1.54) is 0 Å². The topological polar surface area (TPSA) is 91.7 Å². The van der Waals surface area contributed by atoms with E-state index in [4.69, 9.17) is 14.2 Å². The van der Waals surface area contributed by atoms with Gasteiger partial charge in [0.25, 0.3) is 0 Å². The van der Waals surface area contributed by atoms with E-state index in [1.807, 2.05) is 37.3 Å². The number of esters is 1. The van der Waals surface area contributed by atoms with Crippen LogP contribution < -0.4 is 10.1 Å². The van der Waals surface area contributed by atoms with Crippen LogP contribution in [0.5, 0.6) is 5.75 Å². The second-order valence-electron chi connectivity index (χ2n) is 7.52. The zero-order valence-corrected chi connectivity index (χ0v) is 17.6. The lowest BCUT2D eigenvalue weighted by Gasteiger charge is -2.21. The second kappa shape index (κ2) is 9.95. The summed E-state index contributed by atoms with van der Waals surface area (Å²) in [7, 11) is 0. The zero-order valence-electron chi connectivity index (χ0n) is 17.6. The molecule has 1 heterocycles. The van der Waals surface area contributed by atoms with Crippen LogP contribution >= 0.6 is 0 Å². The van der Waals surface area contributed by atoms with Gasteiger partial charge in [-0.2, -0.15) is 5.10 Å². The Morgan fingerprint density at radius 2 is 1.90 bits per heavy atom. The minimum Gasteiger partial charge on any atom is -0.487 e. The van der Waals surface area contributed by atoms with Gasteiger partial charge < -0.3 is 19.5 Å². The lowest BCUT2D eigenvalue weighted by atomic mass is 10.2. The number of ether oxygens (including phenoxy) is 3. The molecule has 2 rings (SSSR count). The molecule has 0 spiro atoms. The summed E-state index contributed by atoms with van der Waals surface area (Å²) in [5.74, 6) is 0.231. The molecular weight excluding hydrogens is 374 g/mol. The molecule has 0 aliphatic heterocycles. The summed E-state index contributed by atoms with van der Waals surface area (Å²) in [6, 6.07) is 10.7. The molecule has 0 aliphatic rings. The van der Waals surface area contributed by atoms with Crippen molar-refractivity contribution in [3.8, 4) is 5.75 Å². The molecule has 1 atom stereocenters. The van der Waals surface area contributed by atoms with E-state index in [0.717, 1.165) is 0 Å². The first kappa shape index (κ1) is 22.3. The molecule has 158 valence electrons. The van der Waals surface area contributed by atoms with E-state index in [0.29, 0.717) is 17.1 Å². The van der Waals surface area contributed by atoms with Crippen LogP contribution in [0.3, 0.4) is 0 Å². The van der Waals surface area contributed by atoms with Gasteiger partial charge in [0.2, 0.25) is 0 Å². The molecule has 2 aromatic rings. The number of hydrogen-bond acceptors (Lipinski definition) is 6. The molecule has 1 unspecified atom stereocenters. The minimum atomic E-state index is -0.586. The van der Waals surface area contributed by atoms with E-state index in [-0.39, 0.29) is 25.8 Å². The Morgan fingerprint density at radius 3 is 2.52 bits per heavy atom. The second-order valence-corrected chi connectivity index (χ2v) is 7.52. The number of hydrogen-bond donors (Lipinski definition) is 1. The van der Waals surface area contributed by atoms with Gasteiger partial charge in [-0.25, -0.2) is 9.59 Å². The highest BCUT2D eigenvalue weighted by molar-refractivity contribution is 5.87. The number of carbonyl (C=O) groups is 2. The third-order valence-electron chi connectivity index (χ3n) is 3.76. The van der Waals surface area contributed by atoms with E-state index in [9.17, 15) is 9.59 Å². The Kier molecular flexibility index (Phi) is 7.64. The highest BCUT2D eigenvalue weighted by Crippen LogP contribution is 2.16. The molecule has 1 amide bonds. The fraction of sp³-hybridized carbons (Fsp3) is 0.476. The van der Waals surface area contributed by atoms with Gasteiger partial charge in [-0.1, -0.05) is 18.2 Å². The first-order chi connectivity index (χ1) is 13.7. The predicted molar refractivity (Wildman–Crippen MR) is 108 cm³/mol. The van der Waals surface area contributed by atoms with Crippen molar-refractivity contribution in [3.05, 3.63) is 47.8 Å². The highest BCUT2D eigenvalue weighted by Gasteiger charge is 2.22. The van der Waals surface area contributed by atoms with Crippen LogP contribution in [-0.4, -0.2) is 40.6 Å². The number of benzene rings is 1. The maximum atomic E-state index is 12.3. The van der Waals surface area contributed by atoms with Crippen LogP contribution in [-0.2, 0) is 16.1 Å². The van der Waals surface area contributed by atoms with Crippen LogP contribution in [0.1, 0.15) is 56.8 Å². The van der Waals surface area contributed by atoms with Crippen LogP contribution in [0, 0.1) is 0 Å². The predicted octanol–water partition coefficient (Wildman–Crippen LogP) is 3.72. The number of amides is 1. The van der Waals surface area contributed by atoms with E-state index in [2.05, 4.69) is 10.4 Å². The van der Waals surface area contributed by atoms with Gasteiger partial charge in [-0.05, 0) is 52.8 Å². The van der Waals surface area contributed by atoms with Crippen molar-refractivity contribution < 1.29 is 23.8 Å². The van der Waals surface area contributed by atoms with Crippen LogP contribution in [0.15, 0.2) is 36.4 Å². The molecule has 0 saturated carbocycles. The Hall–Kier alpha value is -3.03. The Balaban J connectivity index is 2.09. The van der Waals surface area contributed by atoms with Gasteiger partial charge in [0.15, 0.2) is 0 Å². The number of para-hydroxylation sites is 1. The van der Waals surface area contributed by atoms with Crippen LogP contribution in [0.25, 0.3) is 0 Å². The monoisotopic (exact) mass is 403 g/mol. The van der Waals surface area contributed by atoms with Gasteiger partial charge in [-0.3, -0.25) is 4.68 Å². The van der Waals surface area contributed by atoms with Crippen molar-refractivity contribution in [1.82, 2.24) is 15.1 Å². The SMILES string of the molecule is CCOC(=O)c1cc(COc2ccccc2)nn1C(C)CNC(=O)OC(C)(C)C. The van der Waals surface area contributed by atoms with E-state index < -0.39 is 17.7 Å². The average molecular weight is 403 g/mol. The molecule has 8 heteroatoms. The molecule has 0 bridgehead atoms. The molecule has 1 aromatic carbocycles. The normalized spacial score (nSPS) is 12.2. The summed E-state index contributed by atoms with van der Waals surface area (Å²) in [5.41, 5.74) is 0.301. The average Bonchev–Trinajstić information content (AvgIpc) is 3.09. The Labute approximate surface area is 171 Å². The fourth-order valence-electron chi connectivity index (χ4n) is 2.51. The smallest absolute Gasteiger partial charge is 0.407 e. The Morgan fingerprint density at radius 1 is 1.21 bits per heavy atom. The Bertz CT molecular complexity index is 811. The fourth-order valence-corrected chi connectivity index (χ4v) is 2.51. The van der Waals surface area contributed by atoms with Crippen molar-refractivity contribution in [1.29, 1.82) is 0 Å². The lowest BCUT2D eigenvalue weighted by Crippen LogP contribution is -2.36. The summed E-state index contributed by atoms with van der Waals surface area (Å²) >= 11 is 0. The standard InChI is InChI=1S/C21H29N3O5/c1-6-27-19(25)18-12-16(14-28-17-10-8-7-9-11-17)23-24(18)15(2)13-22-20(26)29-21(3,4)5/h7-12,15H,6,13-14H2,1-5H3,(H,22,26). The van der Waals surface area contributed by atoms with Crippen molar-refractivity contribution in [2.45, 2.75) is 52.9 Å². The molecule has 0 aliphatic carbocycles. The third-order valence-corrected chi connectivity index (χ3v) is 3.76. The van der Waals surface area contributed by atoms with Crippen molar-refractivity contribution in [2.24, 2.45) is 0 Å². The number of rotatable bonds is 8.